The summed E-state index contributed by atoms with van der Waals surface area (Å²) in [5, 5.41) is 3.55. The predicted octanol–water partition coefficient (Wildman–Crippen LogP) is 3.10. The van der Waals surface area contributed by atoms with Crippen molar-refractivity contribution in [3.05, 3.63) is 16.5 Å². The number of ether oxygens (including phenoxy) is 1. The maximum absolute atomic E-state index is 11.3. The molecule has 0 aliphatic rings. The van der Waals surface area contributed by atoms with Gasteiger partial charge in [-0.2, -0.15) is 0 Å². The van der Waals surface area contributed by atoms with E-state index in [4.69, 9.17) is 16.3 Å². The Kier molecular flexibility index (Phi) is 5.74. The Hall–Kier alpha value is -1.36. The van der Waals surface area contributed by atoms with E-state index in [0.29, 0.717) is 36.4 Å². The van der Waals surface area contributed by atoms with E-state index in [1.165, 1.54) is 0 Å². The molecule has 6 heteroatoms. The van der Waals surface area contributed by atoms with Gasteiger partial charge in [0.2, 0.25) is 0 Å². The molecule has 0 saturated heterocycles. The van der Waals surface area contributed by atoms with Crippen LogP contribution in [0.2, 0.25) is 5.15 Å². The Bertz CT molecular complexity index is 484. The van der Waals surface area contributed by atoms with Crippen LogP contribution in [0.1, 0.15) is 45.5 Å². The minimum Gasteiger partial charge on any atom is -0.466 e. The Morgan fingerprint density at radius 3 is 2.55 bits per heavy atom. The molecule has 0 spiro atoms. The van der Waals surface area contributed by atoms with Crippen LogP contribution >= 0.6 is 11.6 Å². The van der Waals surface area contributed by atoms with Crippen LogP contribution < -0.4 is 5.32 Å². The zero-order valence-corrected chi connectivity index (χ0v) is 13.5. The van der Waals surface area contributed by atoms with Gasteiger partial charge in [-0.05, 0) is 13.8 Å². The lowest BCUT2D eigenvalue weighted by atomic mass is 9.95. The summed E-state index contributed by atoms with van der Waals surface area (Å²) in [5.41, 5.74) is 0.595. The van der Waals surface area contributed by atoms with Crippen LogP contribution in [0, 0.1) is 6.92 Å². The number of nitrogens with zero attached hydrogens (tertiary/aromatic N) is 2. The smallest absolute Gasteiger partial charge is 0.307 e. The van der Waals surface area contributed by atoms with Crippen LogP contribution in [0.5, 0.6) is 0 Å². The third-order valence-corrected chi connectivity index (χ3v) is 3.05. The first kappa shape index (κ1) is 16.7. The van der Waals surface area contributed by atoms with Crippen molar-refractivity contribution >= 4 is 23.4 Å². The fraction of sp³-hybridized carbons (Fsp3) is 0.643. The molecule has 1 aromatic heterocycles. The van der Waals surface area contributed by atoms with Crippen LogP contribution in [0.25, 0.3) is 0 Å². The molecule has 0 bridgehead atoms. The molecule has 0 amide bonds. The molecule has 0 aromatic carbocycles. The summed E-state index contributed by atoms with van der Waals surface area (Å²) in [4.78, 5) is 20.1. The van der Waals surface area contributed by atoms with Crippen molar-refractivity contribution in [1.82, 2.24) is 9.97 Å². The van der Waals surface area contributed by atoms with E-state index in [1.807, 2.05) is 27.7 Å². The normalized spacial score (nSPS) is 11.3. The first-order valence-electron chi connectivity index (χ1n) is 6.69. The molecule has 0 atom stereocenters. The first-order valence-corrected chi connectivity index (χ1v) is 7.07. The minimum absolute atomic E-state index is 0.186. The molecule has 1 aromatic rings. The van der Waals surface area contributed by atoms with Gasteiger partial charge in [0.1, 0.15) is 16.8 Å². The summed E-state index contributed by atoms with van der Waals surface area (Å²) in [6, 6.07) is 0. The summed E-state index contributed by atoms with van der Waals surface area (Å²) < 4.78 is 4.87. The monoisotopic (exact) mass is 299 g/mol. The second-order valence-corrected chi connectivity index (χ2v) is 5.90. The topological polar surface area (TPSA) is 64.1 Å². The molecule has 20 heavy (non-hydrogen) atoms. The van der Waals surface area contributed by atoms with Gasteiger partial charge < -0.3 is 10.1 Å². The molecule has 5 nitrogen and oxygen atoms in total. The van der Waals surface area contributed by atoms with Crippen molar-refractivity contribution in [3.8, 4) is 0 Å². The second-order valence-electron chi connectivity index (χ2n) is 5.54. The van der Waals surface area contributed by atoms with Gasteiger partial charge >= 0.3 is 5.97 Å². The lowest BCUT2D eigenvalue weighted by molar-refractivity contribution is -0.142. The van der Waals surface area contributed by atoms with Crippen LogP contribution in [0.3, 0.4) is 0 Å². The highest BCUT2D eigenvalue weighted by Crippen LogP contribution is 2.25. The van der Waals surface area contributed by atoms with Gasteiger partial charge in [-0.15, -0.1) is 0 Å². The second kappa shape index (κ2) is 6.88. The van der Waals surface area contributed by atoms with E-state index in [0.717, 1.165) is 5.56 Å². The number of hydrogen-bond acceptors (Lipinski definition) is 5. The van der Waals surface area contributed by atoms with Gasteiger partial charge in [-0.1, -0.05) is 32.4 Å². The van der Waals surface area contributed by atoms with Crippen molar-refractivity contribution in [3.63, 3.8) is 0 Å². The van der Waals surface area contributed by atoms with Crippen LogP contribution in [-0.2, 0) is 14.9 Å². The summed E-state index contributed by atoms with van der Waals surface area (Å²) in [7, 11) is 0. The molecule has 0 aliphatic heterocycles. The van der Waals surface area contributed by atoms with E-state index in [-0.39, 0.29) is 11.4 Å². The van der Waals surface area contributed by atoms with Gasteiger partial charge in [-0.3, -0.25) is 4.79 Å². The number of aromatic nitrogens is 2. The van der Waals surface area contributed by atoms with E-state index in [9.17, 15) is 4.79 Å². The molecular formula is C14H22ClN3O2. The molecule has 0 unspecified atom stereocenters. The number of esters is 1. The Labute approximate surface area is 125 Å². The number of halogens is 1. The number of hydrogen-bond donors (Lipinski definition) is 1. The Morgan fingerprint density at radius 1 is 1.35 bits per heavy atom. The standard InChI is InChI=1S/C14H22ClN3O2/c1-6-20-10(19)7-8-16-12-9(2)11(15)17-13(18-12)14(3,4)5/h6-8H2,1-5H3,(H,16,17,18). The number of rotatable bonds is 5. The average molecular weight is 300 g/mol. The molecule has 1 heterocycles. The maximum Gasteiger partial charge on any atom is 0.307 e. The zero-order valence-electron chi connectivity index (χ0n) is 12.7. The van der Waals surface area contributed by atoms with Crippen LogP contribution in [-0.4, -0.2) is 29.1 Å². The van der Waals surface area contributed by atoms with E-state index in [1.54, 1.807) is 6.92 Å². The molecule has 0 radical (unpaired) electrons. The third-order valence-electron chi connectivity index (χ3n) is 2.68. The van der Waals surface area contributed by atoms with Crippen molar-refractivity contribution in [2.45, 2.75) is 46.5 Å². The Morgan fingerprint density at radius 2 is 2.00 bits per heavy atom. The summed E-state index contributed by atoms with van der Waals surface area (Å²) >= 11 is 6.13. The van der Waals surface area contributed by atoms with Gasteiger partial charge in [0.15, 0.2) is 0 Å². The predicted molar refractivity (Wildman–Crippen MR) is 80.2 cm³/mol. The van der Waals surface area contributed by atoms with Gasteiger partial charge in [-0.25, -0.2) is 9.97 Å². The molecule has 0 fully saturated rings. The quantitative estimate of drug-likeness (QED) is 0.668. The summed E-state index contributed by atoms with van der Waals surface area (Å²) in [6.45, 7) is 10.6. The molecule has 0 saturated carbocycles. The molecule has 0 aliphatic carbocycles. The SMILES string of the molecule is CCOC(=O)CCNc1nc(C(C)(C)C)nc(Cl)c1C. The van der Waals surface area contributed by atoms with Gasteiger partial charge in [0.05, 0.1) is 13.0 Å². The molecule has 112 valence electrons. The van der Waals surface area contributed by atoms with E-state index in [2.05, 4.69) is 15.3 Å². The molecule has 1 rings (SSSR count). The highest BCUT2D eigenvalue weighted by atomic mass is 35.5. The number of nitrogens with one attached hydrogen (secondary N) is 1. The van der Waals surface area contributed by atoms with Gasteiger partial charge in [0, 0.05) is 17.5 Å². The number of anilines is 1. The van der Waals surface area contributed by atoms with Gasteiger partial charge in [0.25, 0.3) is 0 Å². The van der Waals surface area contributed by atoms with Crippen LogP contribution in [0.15, 0.2) is 0 Å². The average Bonchev–Trinajstić information content (AvgIpc) is 2.33. The lowest BCUT2D eigenvalue weighted by Gasteiger charge is -2.19. The first-order chi connectivity index (χ1) is 9.25. The highest BCUT2D eigenvalue weighted by molar-refractivity contribution is 6.30. The van der Waals surface area contributed by atoms with Crippen molar-refractivity contribution < 1.29 is 9.53 Å². The maximum atomic E-state index is 11.3. The zero-order chi connectivity index (χ0) is 15.3. The summed E-state index contributed by atoms with van der Waals surface area (Å²) in [6.07, 6.45) is 0.291. The van der Waals surface area contributed by atoms with E-state index >= 15 is 0 Å². The Balaban J connectivity index is 2.79. The number of carbonyl (C=O) groups is 1. The van der Waals surface area contributed by atoms with Crippen molar-refractivity contribution in [2.75, 3.05) is 18.5 Å². The third kappa shape index (κ3) is 4.63. The highest BCUT2D eigenvalue weighted by Gasteiger charge is 2.20. The fourth-order valence-electron chi connectivity index (χ4n) is 1.51. The van der Waals surface area contributed by atoms with Crippen molar-refractivity contribution in [1.29, 1.82) is 0 Å². The largest absolute Gasteiger partial charge is 0.466 e. The summed E-state index contributed by atoms with van der Waals surface area (Å²) in [5.74, 6) is 1.11. The minimum atomic E-state index is -0.228. The van der Waals surface area contributed by atoms with Crippen molar-refractivity contribution in [2.24, 2.45) is 0 Å². The fourth-order valence-corrected chi connectivity index (χ4v) is 1.68. The molecule has 1 N–H and O–H groups in total. The van der Waals surface area contributed by atoms with Crippen LogP contribution in [0.4, 0.5) is 5.82 Å². The molecular weight excluding hydrogens is 278 g/mol. The number of carbonyl (C=O) groups excluding carboxylic acids is 1. The van der Waals surface area contributed by atoms with E-state index < -0.39 is 0 Å². The lowest BCUT2D eigenvalue weighted by Crippen LogP contribution is -2.19.